The first-order valence-corrected chi connectivity index (χ1v) is 13.0. The number of nitrogens with zero attached hydrogens (tertiary/aromatic N) is 1. The number of hydrogen-bond donors (Lipinski definition) is 2. The Bertz CT molecular complexity index is 1010. The minimum Gasteiger partial charge on any atom is -0.481 e. The van der Waals surface area contributed by atoms with Crippen molar-refractivity contribution in [3.63, 3.8) is 0 Å². The number of carbonyl (C=O) groups is 3. The van der Waals surface area contributed by atoms with Gasteiger partial charge in [0, 0.05) is 19.4 Å². The lowest BCUT2D eigenvalue weighted by molar-refractivity contribution is -0.155. The lowest BCUT2D eigenvalue weighted by atomic mass is 9.87. The molecule has 3 fully saturated rings. The second-order valence-corrected chi connectivity index (χ2v) is 10.5. The molecule has 10 nitrogen and oxygen atoms in total. The second kappa shape index (κ2) is 12.9. The van der Waals surface area contributed by atoms with Gasteiger partial charge in [0.15, 0.2) is 0 Å². The molecule has 0 aromatic heterocycles. The first-order chi connectivity index (χ1) is 17.9. The molecular weight excluding hydrogens is 494 g/mol. The summed E-state index contributed by atoms with van der Waals surface area (Å²) >= 11 is 0. The molecule has 3 rings (SSSR count). The molecule has 0 aromatic rings. The molecule has 8 atom stereocenters. The van der Waals surface area contributed by atoms with Crippen LogP contribution in [0.3, 0.4) is 0 Å². The number of allylic oxidation sites excluding steroid dienone is 2. The van der Waals surface area contributed by atoms with E-state index in [-0.39, 0.29) is 24.5 Å². The fourth-order valence-corrected chi connectivity index (χ4v) is 4.84. The second-order valence-electron chi connectivity index (χ2n) is 10.5. The number of esters is 1. The van der Waals surface area contributed by atoms with Gasteiger partial charge in [-0.2, -0.15) is 0 Å². The Kier molecular flexibility index (Phi) is 10.2. The maximum Gasteiger partial charge on any atom is 0.305 e. The van der Waals surface area contributed by atoms with Crippen LogP contribution in [-0.2, 0) is 33.3 Å². The first-order valence-electron chi connectivity index (χ1n) is 13.0. The van der Waals surface area contributed by atoms with Crippen LogP contribution in [0.15, 0.2) is 40.9 Å². The molecule has 10 heteroatoms. The van der Waals surface area contributed by atoms with Crippen molar-refractivity contribution < 1.29 is 43.5 Å². The SMILES string of the molecule is CC(=O)O[C@@H](C)/C=C\C(=O)N=C1C[C@H](C)[C@H](C/C=C(C)/C=C/[C@H]2O[C@H](CC(=O)O)C[C@@]3(CO3)[C@H]2O)O[C@@H]1C. The van der Waals surface area contributed by atoms with Gasteiger partial charge in [-0.1, -0.05) is 30.7 Å². The zero-order chi connectivity index (χ0) is 28.0. The Morgan fingerprint density at radius 3 is 2.55 bits per heavy atom. The number of hydrogen-bond acceptors (Lipinski definition) is 8. The van der Waals surface area contributed by atoms with Crippen LogP contribution < -0.4 is 0 Å². The first kappa shape index (κ1) is 29.9. The van der Waals surface area contributed by atoms with Crippen molar-refractivity contribution in [2.45, 2.75) is 103 Å². The molecule has 1 spiro atoms. The van der Waals surface area contributed by atoms with E-state index in [0.717, 1.165) is 5.57 Å². The van der Waals surface area contributed by atoms with Crippen molar-refractivity contribution >= 4 is 23.6 Å². The Morgan fingerprint density at radius 2 is 1.92 bits per heavy atom. The van der Waals surface area contributed by atoms with Crippen LogP contribution in [0.2, 0.25) is 0 Å². The van der Waals surface area contributed by atoms with Gasteiger partial charge in [0.05, 0.1) is 37.1 Å². The molecule has 3 saturated heterocycles. The van der Waals surface area contributed by atoms with Gasteiger partial charge in [0.1, 0.15) is 23.9 Å². The van der Waals surface area contributed by atoms with Gasteiger partial charge < -0.3 is 29.2 Å². The number of aliphatic hydroxyl groups excluding tert-OH is 1. The molecule has 210 valence electrons. The number of carbonyl (C=O) groups excluding carboxylic acids is 2. The highest BCUT2D eigenvalue weighted by Crippen LogP contribution is 2.43. The molecule has 0 unspecified atom stereocenters. The number of aliphatic carboxylic acids is 1. The van der Waals surface area contributed by atoms with Crippen molar-refractivity contribution in [1.29, 1.82) is 0 Å². The summed E-state index contributed by atoms with van der Waals surface area (Å²) in [5.74, 6) is -1.64. The predicted octanol–water partition coefficient (Wildman–Crippen LogP) is 2.93. The molecular formula is C28H39NO9. The zero-order valence-corrected chi connectivity index (χ0v) is 22.7. The number of ether oxygens (including phenoxy) is 4. The van der Waals surface area contributed by atoms with Crippen LogP contribution in [0, 0.1) is 5.92 Å². The highest BCUT2D eigenvalue weighted by atomic mass is 16.6. The third-order valence-corrected chi connectivity index (χ3v) is 7.04. The van der Waals surface area contributed by atoms with Crippen LogP contribution in [0.1, 0.15) is 60.3 Å². The van der Waals surface area contributed by atoms with Gasteiger partial charge in [0.25, 0.3) is 5.91 Å². The largest absolute Gasteiger partial charge is 0.481 e. The number of rotatable bonds is 9. The standard InChI is InChI=1S/C28H39NO9/c1-16(7-10-24-27(34)28(15-35-28)14-21(38-24)13-26(32)33)6-9-23-17(2)12-22(19(4)37-23)29-25(31)11-8-18(3)36-20(5)30/h6-8,10-11,17-19,21,23-24,27,34H,9,12-15H2,1-5H3,(H,32,33)/b10-7+,11-8-,16-6+,29-22?/t17-,18-,19+,21+,23-,24+,27-,28+/m0/s1. The van der Waals surface area contributed by atoms with Crippen LogP contribution in [0.5, 0.6) is 0 Å². The minimum absolute atomic E-state index is 0.0541. The van der Waals surface area contributed by atoms with E-state index < -0.39 is 47.9 Å². The van der Waals surface area contributed by atoms with E-state index in [4.69, 9.17) is 24.1 Å². The smallest absolute Gasteiger partial charge is 0.305 e. The summed E-state index contributed by atoms with van der Waals surface area (Å²) in [5, 5.41) is 19.8. The van der Waals surface area contributed by atoms with E-state index in [2.05, 4.69) is 11.9 Å². The molecule has 0 saturated carbocycles. The number of aliphatic hydroxyl groups is 1. The fraction of sp³-hybridized carbons (Fsp3) is 0.643. The van der Waals surface area contributed by atoms with Crippen LogP contribution in [0.4, 0.5) is 0 Å². The van der Waals surface area contributed by atoms with E-state index in [1.165, 1.54) is 19.1 Å². The normalized spacial score (nSPS) is 35.6. The lowest BCUT2D eigenvalue weighted by Gasteiger charge is -2.36. The minimum atomic E-state index is -0.945. The predicted molar refractivity (Wildman–Crippen MR) is 139 cm³/mol. The van der Waals surface area contributed by atoms with Crippen molar-refractivity contribution in [3.05, 3.63) is 36.0 Å². The Labute approximate surface area is 223 Å². The molecule has 0 bridgehead atoms. The highest BCUT2D eigenvalue weighted by molar-refractivity contribution is 6.02. The molecule has 38 heavy (non-hydrogen) atoms. The number of amides is 1. The van der Waals surface area contributed by atoms with Gasteiger partial charge in [-0.15, -0.1) is 0 Å². The zero-order valence-electron chi connectivity index (χ0n) is 22.7. The topological polar surface area (TPSA) is 144 Å². The average Bonchev–Trinajstić information content (AvgIpc) is 3.59. The number of epoxide rings is 1. The van der Waals surface area contributed by atoms with Crippen LogP contribution in [-0.4, -0.2) is 82.6 Å². The van der Waals surface area contributed by atoms with E-state index in [1.807, 2.05) is 26.0 Å². The monoisotopic (exact) mass is 533 g/mol. The summed E-state index contributed by atoms with van der Waals surface area (Å²) < 4.78 is 22.4. The van der Waals surface area contributed by atoms with E-state index in [9.17, 15) is 19.5 Å². The number of carboxylic acid groups (broad SMARTS) is 1. The highest BCUT2D eigenvalue weighted by Gasteiger charge is 2.58. The Balaban J connectivity index is 1.54. The summed E-state index contributed by atoms with van der Waals surface area (Å²) in [7, 11) is 0. The Hall–Kier alpha value is -2.66. The van der Waals surface area contributed by atoms with Crippen LogP contribution >= 0.6 is 0 Å². The molecule has 0 aromatic carbocycles. The van der Waals surface area contributed by atoms with E-state index >= 15 is 0 Å². The summed E-state index contributed by atoms with van der Waals surface area (Å²) in [6, 6.07) is 0. The third-order valence-electron chi connectivity index (χ3n) is 7.04. The van der Waals surface area contributed by atoms with Crippen molar-refractivity contribution in [1.82, 2.24) is 0 Å². The molecule has 0 radical (unpaired) electrons. The van der Waals surface area contributed by atoms with Gasteiger partial charge in [-0.05, 0) is 45.6 Å². The summed E-state index contributed by atoms with van der Waals surface area (Å²) in [5.41, 5.74) is 0.931. The van der Waals surface area contributed by atoms with E-state index in [1.54, 1.807) is 13.0 Å². The van der Waals surface area contributed by atoms with E-state index in [0.29, 0.717) is 31.6 Å². The lowest BCUT2D eigenvalue weighted by Crippen LogP contribution is -2.50. The molecule has 3 heterocycles. The third kappa shape index (κ3) is 8.42. The molecule has 3 aliphatic rings. The maximum atomic E-state index is 12.2. The summed E-state index contributed by atoms with van der Waals surface area (Å²) in [6.07, 6.45) is 7.11. The summed E-state index contributed by atoms with van der Waals surface area (Å²) in [4.78, 5) is 38.5. The number of aliphatic imine (C=N–C) groups is 1. The fourth-order valence-electron chi connectivity index (χ4n) is 4.84. The number of carboxylic acids is 1. The van der Waals surface area contributed by atoms with Crippen molar-refractivity contribution in [3.8, 4) is 0 Å². The van der Waals surface area contributed by atoms with Crippen molar-refractivity contribution in [2.24, 2.45) is 10.9 Å². The van der Waals surface area contributed by atoms with Crippen molar-refractivity contribution in [2.75, 3.05) is 6.61 Å². The Morgan fingerprint density at radius 1 is 1.21 bits per heavy atom. The molecule has 3 aliphatic heterocycles. The quantitative estimate of drug-likeness (QED) is 0.198. The van der Waals surface area contributed by atoms with Crippen LogP contribution in [0.25, 0.3) is 0 Å². The van der Waals surface area contributed by atoms with Gasteiger partial charge in [0.2, 0.25) is 0 Å². The molecule has 0 aliphatic carbocycles. The average molecular weight is 534 g/mol. The molecule has 1 amide bonds. The van der Waals surface area contributed by atoms with Gasteiger partial charge in [-0.3, -0.25) is 14.4 Å². The summed E-state index contributed by atoms with van der Waals surface area (Å²) in [6.45, 7) is 9.25. The maximum absolute atomic E-state index is 12.2. The molecule has 2 N–H and O–H groups in total. The van der Waals surface area contributed by atoms with Gasteiger partial charge in [-0.25, -0.2) is 4.99 Å². The van der Waals surface area contributed by atoms with Gasteiger partial charge >= 0.3 is 11.9 Å².